The molecule has 0 fully saturated rings. The molecule has 7 nitrogen and oxygen atoms in total. The summed E-state index contributed by atoms with van der Waals surface area (Å²) in [5.74, 6) is -0.783. The number of halogens is 1. The van der Waals surface area contributed by atoms with E-state index in [4.69, 9.17) is 11.6 Å². The lowest BCUT2D eigenvalue weighted by atomic mass is 10.0. The van der Waals surface area contributed by atoms with Crippen molar-refractivity contribution in [2.75, 3.05) is 10.6 Å². The fourth-order valence-corrected chi connectivity index (χ4v) is 7.29. The molecule has 0 saturated heterocycles. The minimum Gasteiger partial charge on any atom is -0.321 e. The van der Waals surface area contributed by atoms with Crippen LogP contribution in [0.25, 0.3) is 17.3 Å². The van der Waals surface area contributed by atoms with Crippen LogP contribution >= 0.6 is 34.7 Å². The van der Waals surface area contributed by atoms with Crippen molar-refractivity contribution in [1.82, 2.24) is 10.3 Å². The monoisotopic (exact) mass is 742 g/mol. The average molecular weight is 743 g/mol. The number of hydrogen-bond donors (Lipinski definition) is 3. The highest BCUT2D eigenvalue weighted by molar-refractivity contribution is 8.00. The third-order valence-electron chi connectivity index (χ3n) is 8.01. The van der Waals surface area contributed by atoms with Crippen LogP contribution in [0, 0.1) is 0 Å². The summed E-state index contributed by atoms with van der Waals surface area (Å²) in [7, 11) is 0. The zero-order chi connectivity index (χ0) is 36.5. The van der Waals surface area contributed by atoms with Gasteiger partial charge in [0.2, 0.25) is 5.91 Å². The summed E-state index contributed by atoms with van der Waals surface area (Å²) in [5, 5.41) is 11.0. The Labute approximate surface area is 316 Å². The van der Waals surface area contributed by atoms with Gasteiger partial charge in [0.05, 0.1) is 5.69 Å². The quantitative estimate of drug-likeness (QED) is 0.0856. The maximum absolute atomic E-state index is 13.8. The number of thiazole rings is 1. The number of aromatic nitrogens is 1. The number of nitrogens with one attached hydrogen (secondary N) is 3. The normalized spacial score (nSPS) is 11.9. The van der Waals surface area contributed by atoms with E-state index in [-0.39, 0.29) is 11.6 Å². The van der Waals surface area contributed by atoms with E-state index in [0.29, 0.717) is 33.0 Å². The van der Waals surface area contributed by atoms with Gasteiger partial charge in [0.15, 0.2) is 5.13 Å². The van der Waals surface area contributed by atoms with Crippen LogP contribution in [0.5, 0.6) is 0 Å². The maximum atomic E-state index is 13.8. The van der Waals surface area contributed by atoms with Crippen molar-refractivity contribution >= 4 is 69.3 Å². The molecule has 0 saturated carbocycles. The molecule has 3 N–H and O–H groups in total. The molecule has 0 spiro atoms. The first kappa shape index (κ1) is 36.3. The molecule has 52 heavy (non-hydrogen) atoms. The van der Waals surface area contributed by atoms with Crippen molar-refractivity contribution in [3.8, 4) is 11.3 Å². The number of carbonyl (C=O) groups is 3. The minimum absolute atomic E-state index is 0.0883. The van der Waals surface area contributed by atoms with Crippen LogP contribution in [0.2, 0.25) is 5.02 Å². The number of benzene rings is 5. The molecule has 1 aromatic heterocycles. The SMILES string of the molecule is CC(C)c1ccc(/C=C(/NC(=O)c2ccccc2)C(=O)Nc2cccc(SC(C(=O)Nc3nc(-c4ccccc4Cl)cs3)c3ccccc3)c2)cc1. The Hall–Kier alpha value is -5.48. The maximum Gasteiger partial charge on any atom is 0.272 e. The summed E-state index contributed by atoms with van der Waals surface area (Å²) in [6, 6.07) is 40.8. The van der Waals surface area contributed by atoms with Gasteiger partial charge in [-0.1, -0.05) is 123 Å². The summed E-state index contributed by atoms with van der Waals surface area (Å²) in [4.78, 5) is 46.1. The van der Waals surface area contributed by atoms with E-state index in [1.807, 2.05) is 96.4 Å². The topological polar surface area (TPSA) is 100 Å². The van der Waals surface area contributed by atoms with Crippen LogP contribution < -0.4 is 16.0 Å². The Bertz CT molecular complexity index is 2200. The van der Waals surface area contributed by atoms with E-state index in [0.717, 1.165) is 21.6 Å². The second-order valence-corrected chi connectivity index (χ2v) is 14.5. The molecular weight excluding hydrogens is 708 g/mol. The standard InChI is InChI=1S/C42H35ClN4O3S2/c1-27(2)29-22-20-28(21-23-29)24-36(45-39(48)31-14-7-4-8-15-31)40(49)44-32-16-11-17-33(25-32)52-38(30-12-5-3-6-13-30)41(50)47-42-46-37(26-51-42)34-18-9-10-19-35(34)43/h3-27,38H,1-2H3,(H,44,49)(H,45,48)(H,46,47,50)/b36-24+. The van der Waals surface area contributed by atoms with Crippen molar-refractivity contribution in [2.45, 2.75) is 29.9 Å². The van der Waals surface area contributed by atoms with E-state index in [9.17, 15) is 14.4 Å². The zero-order valence-corrected chi connectivity index (χ0v) is 30.8. The van der Waals surface area contributed by atoms with Gasteiger partial charge in [-0.15, -0.1) is 23.1 Å². The van der Waals surface area contributed by atoms with Crippen LogP contribution in [0.1, 0.15) is 52.1 Å². The molecule has 0 aliphatic carbocycles. The van der Waals surface area contributed by atoms with Gasteiger partial charge in [0.1, 0.15) is 10.9 Å². The summed E-state index contributed by atoms with van der Waals surface area (Å²) in [5.41, 5.74) is 5.23. The first-order valence-electron chi connectivity index (χ1n) is 16.6. The minimum atomic E-state index is -0.630. The molecule has 0 aliphatic rings. The van der Waals surface area contributed by atoms with E-state index in [1.54, 1.807) is 48.5 Å². The molecule has 6 rings (SSSR count). The van der Waals surface area contributed by atoms with Gasteiger partial charge >= 0.3 is 0 Å². The smallest absolute Gasteiger partial charge is 0.272 e. The Morgan fingerprint density at radius 2 is 1.46 bits per heavy atom. The zero-order valence-electron chi connectivity index (χ0n) is 28.4. The third-order valence-corrected chi connectivity index (χ3v) is 10.3. The molecule has 1 unspecified atom stereocenters. The number of carbonyl (C=O) groups excluding carboxylic acids is 3. The molecule has 10 heteroatoms. The Morgan fingerprint density at radius 1 is 0.769 bits per heavy atom. The molecule has 1 atom stereocenters. The molecule has 0 bridgehead atoms. The van der Waals surface area contributed by atoms with E-state index < -0.39 is 17.1 Å². The second kappa shape index (κ2) is 17.2. The predicted octanol–water partition coefficient (Wildman–Crippen LogP) is 10.5. The molecule has 0 aliphatic heterocycles. The first-order chi connectivity index (χ1) is 25.2. The van der Waals surface area contributed by atoms with Gasteiger partial charge in [-0.3, -0.25) is 14.4 Å². The second-order valence-electron chi connectivity index (χ2n) is 12.1. The lowest BCUT2D eigenvalue weighted by molar-refractivity contribution is -0.116. The number of thioether (sulfide) groups is 1. The van der Waals surface area contributed by atoms with Gasteiger partial charge in [-0.25, -0.2) is 4.98 Å². The van der Waals surface area contributed by atoms with Crippen LogP contribution in [0.3, 0.4) is 0 Å². The van der Waals surface area contributed by atoms with E-state index in [2.05, 4.69) is 34.8 Å². The molecule has 6 aromatic rings. The lowest BCUT2D eigenvalue weighted by Gasteiger charge is -2.17. The van der Waals surface area contributed by atoms with Gasteiger partial charge < -0.3 is 16.0 Å². The number of hydrogen-bond acceptors (Lipinski definition) is 6. The van der Waals surface area contributed by atoms with Crippen LogP contribution in [0.15, 0.2) is 149 Å². The van der Waals surface area contributed by atoms with Gasteiger partial charge in [0, 0.05) is 32.1 Å². The average Bonchev–Trinajstić information content (AvgIpc) is 3.62. The Balaban J connectivity index is 1.22. The van der Waals surface area contributed by atoms with Crippen molar-refractivity contribution in [3.63, 3.8) is 0 Å². The fraction of sp³-hybridized carbons (Fsp3) is 0.0952. The molecular formula is C42H35ClN4O3S2. The van der Waals surface area contributed by atoms with Crippen molar-refractivity contribution < 1.29 is 14.4 Å². The molecule has 5 aromatic carbocycles. The highest BCUT2D eigenvalue weighted by atomic mass is 35.5. The first-order valence-corrected chi connectivity index (χ1v) is 18.7. The van der Waals surface area contributed by atoms with Crippen LogP contribution in [0.4, 0.5) is 10.8 Å². The fourth-order valence-electron chi connectivity index (χ4n) is 5.26. The summed E-state index contributed by atoms with van der Waals surface area (Å²) in [6.45, 7) is 4.23. The highest BCUT2D eigenvalue weighted by Crippen LogP contribution is 2.38. The highest BCUT2D eigenvalue weighted by Gasteiger charge is 2.24. The van der Waals surface area contributed by atoms with Crippen molar-refractivity contribution in [2.24, 2.45) is 0 Å². The number of anilines is 2. The van der Waals surface area contributed by atoms with Crippen molar-refractivity contribution in [3.05, 3.63) is 172 Å². The van der Waals surface area contributed by atoms with E-state index >= 15 is 0 Å². The largest absolute Gasteiger partial charge is 0.321 e. The van der Waals surface area contributed by atoms with E-state index in [1.165, 1.54) is 28.7 Å². The Morgan fingerprint density at radius 3 is 2.17 bits per heavy atom. The molecule has 3 amide bonds. The summed E-state index contributed by atoms with van der Waals surface area (Å²) < 4.78 is 0. The van der Waals surface area contributed by atoms with Gasteiger partial charge in [0.25, 0.3) is 11.8 Å². The summed E-state index contributed by atoms with van der Waals surface area (Å²) in [6.07, 6.45) is 1.66. The lowest BCUT2D eigenvalue weighted by Crippen LogP contribution is -2.30. The van der Waals surface area contributed by atoms with Crippen molar-refractivity contribution in [1.29, 1.82) is 0 Å². The number of amides is 3. The number of rotatable bonds is 12. The molecule has 0 radical (unpaired) electrons. The predicted molar refractivity (Wildman–Crippen MR) is 214 cm³/mol. The third kappa shape index (κ3) is 9.44. The van der Waals surface area contributed by atoms with Gasteiger partial charge in [-0.2, -0.15) is 0 Å². The van der Waals surface area contributed by atoms with Crippen LogP contribution in [-0.4, -0.2) is 22.7 Å². The molecule has 260 valence electrons. The number of nitrogens with zero attached hydrogens (tertiary/aromatic N) is 1. The Kier molecular flexibility index (Phi) is 12.0. The van der Waals surface area contributed by atoms with Gasteiger partial charge in [-0.05, 0) is 65.1 Å². The van der Waals surface area contributed by atoms with Crippen LogP contribution in [-0.2, 0) is 9.59 Å². The molecule has 1 heterocycles. The summed E-state index contributed by atoms with van der Waals surface area (Å²) >= 11 is 9.05.